The molecule has 0 aromatic heterocycles. The summed E-state index contributed by atoms with van der Waals surface area (Å²) in [6, 6.07) is 10.8. The Morgan fingerprint density at radius 3 is 2.41 bits per heavy atom. The predicted octanol–water partition coefficient (Wildman–Crippen LogP) is 4.33. The smallest absolute Gasteiger partial charge is 0.417 e. The third-order valence-corrected chi connectivity index (χ3v) is 4.83. The molecule has 1 amide bonds. The second kappa shape index (κ2) is 7.68. The van der Waals surface area contributed by atoms with Crippen molar-refractivity contribution in [2.75, 3.05) is 38.2 Å². The average Bonchev–Trinajstić information content (AvgIpc) is 2.67. The van der Waals surface area contributed by atoms with Gasteiger partial charge in [-0.3, -0.25) is 4.79 Å². The molecule has 8 heteroatoms. The van der Waals surface area contributed by atoms with Gasteiger partial charge in [-0.05, 0) is 36.4 Å². The summed E-state index contributed by atoms with van der Waals surface area (Å²) in [5, 5.41) is -0.321. The Kier molecular flexibility index (Phi) is 5.51. The van der Waals surface area contributed by atoms with E-state index in [1.807, 2.05) is 4.90 Å². The third kappa shape index (κ3) is 4.30. The number of carbonyl (C=O) groups excluding carboxylic acids is 1. The zero-order valence-electron chi connectivity index (χ0n) is 14.6. The number of rotatable bonds is 3. The van der Waals surface area contributed by atoms with Gasteiger partial charge in [-0.25, -0.2) is 0 Å². The van der Waals surface area contributed by atoms with Crippen molar-refractivity contribution in [1.82, 2.24) is 4.90 Å². The number of nitrogens with zero attached hydrogens (tertiary/aromatic N) is 2. The number of halogens is 4. The van der Waals surface area contributed by atoms with Gasteiger partial charge < -0.3 is 14.5 Å². The number of amides is 1. The van der Waals surface area contributed by atoms with Crippen LogP contribution in [0, 0.1) is 0 Å². The fraction of sp³-hybridized carbons (Fsp3) is 0.316. The van der Waals surface area contributed by atoms with Crippen LogP contribution < -0.4 is 9.64 Å². The van der Waals surface area contributed by atoms with Gasteiger partial charge in [0.15, 0.2) is 0 Å². The lowest BCUT2D eigenvalue weighted by molar-refractivity contribution is -0.137. The molecule has 0 radical (unpaired) electrons. The van der Waals surface area contributed by atoms with Crippen molar-refractivity contribution in [2.24, 2.45) is 0 Å². The first kappa shape index (κ1) is 19.4. The molecule has 0 aliphatic carbocycles. The number of anilines is 1. The van der Waals surface area contributed by atoms with Crippen LogP contribution in [0.2, 0.25) is 5.02 Å². The van der Waals surface area contributed by atoms with Crippen LogP contribution in [0.15, 0.2) is 42.5 Å². The first-order chi connectivity index (χ1) is 12.8. The molecule has 0 saturated carbocycles. The number of methoxy groups -OCH3 is 1. The number of carbonyl (C=O) groups is 1. The summed E-state index contributed by atoms with van der Waals surface area (Å²) in [4.78, 5) is 16.1. The maximum Gasteiger partial charge on any atom is 0.417 e. The standard InChI is InChI=1S/C19H18ClF3N2O2/c1-27-15-4-2-3-13(11-15)18(26)25-9-7-24(8-10-25)14-5-6-17(20)16(12-14)19(21,22)23/h2-6,11-12H,7-10H2,1H3. The van der Waals surface area contributed by atoms with E-state index >= 15 is 0 Å². The van der Waals surface area contributed by atoms with Gasteiger partial charge in [0.2, 0.25) is 0 Å². The van der Waals surface area contributed by atoms with E-state index in [0.717, 1.165) is 6.07 Å². The van der Waals surface area contributed by atoms with E-state index in [-0.39, 0.29) is 10.9 Å². The fourth-order valence-electron chi connectivity index (χ4n) is 3.03. The van der Waals surface area contributed by atoms with Crippen LogP contribution in [-0.4, -0.2) is 44.1 Å². The van der Waals surface area contributed by atoms with Crippen molar-refractivity contribution in [2.45, 2.75) is 6.18 Å². The van der Waals surface area contributed by atoms with Crippen molar-refractivity contribution in [3.63, 3.8) is 0 Å². The van der Waals surface area contributed by atoms with E-state index in [4.69, 9.17) is 16.3 Å². The average molecular weight is 399 g/mol. The van der Waals surface area contributed by atoms with Crippen LogP contribution in [0.4, 0.5) is 18.9 Å². The summed E-state index contributed by atoms with van der Waals surface area (Å²) in [6.07, 6.45) is -4.50. The Morgan fingerprint density at radius 1 is 1.07 bits per heavy atom. The SMILES string of the molecule is COc1cccc(C(=O)N2CCN(c3ccc(Cl)c(C(F)(F)F)c3)CC2)c1. The number of benzene rings is 2. The highest BCUT2D eigenvalue weighted by molar-refractivity contribution is 6.31. The lowest BCUT2D eigenvalue weighted by atomic mass is 10.1. The Hall–Kier alpha value is -2.41. The minimum atomic E-state index is -4.50. The fourth-order valence-corrected chi connectivity index (χ4v) is 3.26. The Bertz CT molecular complexity index is 834. The predicted molar refractivity (Wildman–Crippen MR) is 97.6 cm³/mol. The Morgan fingerprint density at radius 2 is 1.78 bits per heavy atom. The van der Waals surface area contributed by atoms with Crippen LogP contribution in [0.25, 0.3) is 0 Å². The van der Waals surface area contributed by atoms with E-state index in [0.29, 0.717) is 43.2 Å². The molecule has 1 saturated heterocycles. The van der Waals surface area contributed by atoms with Gasteiger partial charge in [0.25, 0.3) is 5.91 Å². The highest BCUT2D eigenvalue weighted by Gasteiger charge is 2.34. The molecule has 0 unspecified atom stereocenters. The zero-order chi connectivity index (χ0) is 19.6. The van der Waals surface area contributed by atoms with E-state index < -0.39 is 11.7 Å². The molecule has 2 aromatic carbocycles. The second-order valence-corrected chi connectivity index (χ2v) is 6.58. The van der Waals surface area contributed by atoms with Gasteiger partial charge in [0, 0.05) is 37.4 Å². The van der Waals surface area contributed by atoms with Crippen LogP contribution in [0.1, 0.15) is 15.9 Å². The Labute approximate surface area is 160 Å². The largest absolute Gasteiger partial charge is 0.497 e. The number of hydrogen-bond acceptors (Lipinski definition) is 3. The molecule has 144 valence electrons. The third-order valence-electron chi connectivity index (χ3n) is 4.50. The Balaban J connectivity index is 1.69. The number of alkyl halides is 3. The first-order valence-electron chi connectivity index (χ1n) is 8.34. The maximum absolute atomic E-state index is 13.0. The molecule has 1 aliphatic rings. The minimum Gasteiger partial charge on any atom is -0.497 e. The van der Waals surface area contributed by atoms with E-state index in [2.05, 4.69) is 0 Å². The van der Waals surface area contributed by atoms with E-state index in [1.54, 1.807) is 35.2 Å². The molecule has 3 rings (SSSR count). The first-order valence-corrected chi connectivity index (χ1v) is 8.72. The van der Waals surface area contributed by atoms with Crippen molar-refractivity contribution < 1.29 is 22.7 Å². The molecule has 1 fully saturated rings. The second-order valence-electron chi connectivity index (χ2n) is 6.17. The zero-order valence-corrected chi connectivity index (χ0v) is 15.3. The number of hydrogen-bond donors (Lipinski definition) is 0. The van der Waals surface area contributed by atoms with Gasteiger partial charge in [-0.2, -0.15) is 13.2 Å². The highest BCUT2D eigenvalue weighted by Crippen LogP contribution is 2.37. The summed E-state index contributed by atoms with van der Waals surface area (Å²) in [5.74, 6) is 0.473. The van der Waals surface area contributed by atoms with Gasteiger partial charge in [-0.15, -0.1) is 0 Å². The summed E-state index contributed by atoms with van der Waals surface area (Å²) in [6.45, 7) is 1.71. The van der Waals surface area contributed by atoms with E-state index in [9.17, 15) is 18.0 Å². The summed E-state index contributed by atoms with van der Waals surface area (Å²) >= 11 is 5.68. The van der Waals surface area contributed by atoms with Crippen molar-refractivity contribution in [1.29, 1.82) is 0 Å². The van der Waals surface area contributed by atoms with Crippen LogP contribution >= 0.6 is 11.6 Å². The van der Waals surface area contributed by atoms with Gasteiger partial charge in [0.05, 0.1) is 17.7 Å². The summed E-state index contributed by atoms with van der Waals surface area (Å²) in [7, 11) is 1.53. The molecule has 1 heterocycles. The molecule has 0 spiro atoms. The van der Waals surface area contributed by atoms with Gasteiger partial charge in [0.1, 0.15) is 5.75 Å². The van der Waals surface area contributed by atoms with Crippen molar-refractivity contribution >= 4 is 23.2 Å². The van der Waals surface area contributed by atoms with Gasteiger partial charge >= 0.3 is 6.18 Å². The van der Waals surface area contributed by atoms with Crippen LogP contribution in [-0.2, 0) is 6.18 Å². The quantitative estimate of drug-likeness (QED) is 0.771. The molecule has 0 atom stereocenters. The van der Waals surface area contributed by atoms with Crippen molar-refractivity contribution in [3.05, 3.63) is 58.6 Å². The molecule has 2 aromatic rings. The summed E-state index contributed by atoms with van der Waals surface area (Å²) < 4.78 is 44.3. The van der Waals surface area contributed by atoms with E-state index in [1.165, 1.54) is 13.2 Å². The highest BCUT2D eigenvalue weighted by atomic mass is 35.5. The molecule has 27 heavy (non-hydrogen) atoms. The number of ether oxygens (including phenoxy) is 1. The topological polar surface area (TPSA) is 32.8 Å². The molecule has 0 N–H and O–H groups in total. The van der Waals surface area contributed by atoms with Gasteiger partial charge in [-0.1, -0.05) is 17.7 Å². The molecule has 1 aliphatic heterocycles. The lowest BCUT2D eigenvalue weighted by Gasteiger charge is -2.36. The molecular weight excluding hydrogens is 381 g/mol. The lowest BCUT2D eigenvalue weighted by Crippen LogP contribution is -2.48. The van der Waals surface area contributed by atoms with Crippen LogP contribution in [0.5, 0.6) is 5.75 Å². The normalized spacial score (nSPS) is 15.0. The number of piperazine rings is 1. The van der Waals surface area contributed by atoms with Crippen molar-refractivity contribution in [3.8, 4) is 5.75 Å². The minimum absolute atomic E-state index is 0.124. The molecule has 4 nitrogen and oxygen atoms in total. The molecular formula is C19H18ClF3N2O2. The van der Waals surface area contributed by atoms with Crippen LogP contribution in [0.3, 0.4) is 0 Å². The maximum atomic E-state index is 13.0. The molecule has 0 bridgehead atoms. The summed E-state index contributed by atoms with van der Waals surface area (Å²) in [5.41, 5.74) is 0.116. The monoisotopic (exact) mass is 398 g/mol.